The third kappa shape index (κ3) is 6.81. The van der Waals surface area contributed by atoms with Crippen molar-refractivity contribution in [2.24, 2.45) is 5.92 Å². The first-order valence-electron chi connectivity index (χ1n) is 13.8. The molecule has 1 amide bonds. The number of carbonyl (C=O) groups is 1. The molecule has 0 saturated carbocycles. The highest BCUT2D eigenvalue weighted by atomic mass is 19.1. The Hall–Kier alpha value is -2.66. The Morgan fingerprint density at radius 1 is 1.19 bits per heavy atom. The first kappa shape index (κ1) is 28.9. The standard InChI is InChI=1S/C32H46FN3O/c1-10-22(6)23(7)16-25(15-20(2)3)32-31(21(4)5)27-17-26(28(33)18-29(27)34-32)24-11-13-36(14-12-24)19-30(37)35(8)9/h15-18,21-22,24,34H,2,10-14,19H2,1,3-9H3/b23-16-,25-15+. The van der Waals surface area contributed by atoms with Crippen LogP contribution in [0.4, 0.5) is 4.39 Å². The van der Waals surface area contributed by atoms with Crippen molar-refractivity contribution in [1.82, 2.24) is 14.8 Å². The highest BCUT2D eigenvalue weighted by Gasteiger charge is 2.26. The first-order valence-corrected chi connectivity index (χ1v) is 13.8. The largest absolute Gasteiger partial charge is 0.354 e. The fourth-order valence-electron chi connectivity index (χ4n) is 5.29. The number of aromatic nitrogens is 1. The van der Waals surface area contributed by atoms with E-state index in [0.717, 1.165) is 65.7 Å². The van der Waals surface area contributed by atoms with Gasteiger partial charge in [-0.3, -0.25) is 9.69 Å². The molecular formula is C32H46FN3O. The third-order valence-electron chi connectivity index (χ3n) is 7.88. The van der Waals surface area contributed by atoms with Gasteiger partial charge in [0, 0.05) is 30.7 Å². The lowest BCUT2D eigenvalue weighted by Crippen LogP contribution is -2.40. The van der Waals surface area contributed by atoms with Crippen molar-refractivity contribution in [1.29, 1.82) is 0 Å². The number of hydrogen-bond acceptors (Lipinski definition) is 2. The number of halogens is 1. The first-order chi connectivity index (χ1) is 17.4. The van der Waals surface area contributed by atoms with Crippen molar-refractivity contribution in [3.63, 3.8) is 0 Å². The normalized spacial score (nSPS) is 17.0. The molecule has 1 atom stereocenters. The van der Waals surface area contributed by atoms with E-state index in [1.807, 2.05) is 6.92 Å². The number of carbonyl (C=O) groups excluding carboxylic acids is 1. The molecule has 1 aromatic heterocycles. The van der Waals surface area contributed by atoms with Crippen LogP contribution < -0.4 is 0 Å². The predicted molar refractivity (Wildman–Crippen MR) is 155 cm³/mol. The Labute approximate surface area is 223 Å². The highest BCUT2D eigenvalue weighted by molar-refractivity contribution is 5.92. The summed E-state index contributed by atoms with van der Waals surface area (Å²) >= 11 is 0. The Balaban J connectivity index is 2.01. The molecule has 2 heterocycles. The SMILES string of the molecule is C=C(C)/C=C(\C=C(\C)C(C)CC)c1[nH]c2cc(F)c(C3CCN(CC(=O)N(C)C)CC3)cc2c1C(C)C. The summed E-state index contributed by atoms with van der Waals surface area (Å²) in [4.78, 5) is 19.5. The fourth-order valence-corrected chi connectivity index (χ4v) is 5.29. The molecule has 1 aromatic carbocycles. The summed E-state index contributed by atoms with van der Waals surface area (Å²) in [7, 11) is 3.57. The molecule has 5 heteroatoms. The molecule has 37 heavy (non-hydrogen) atoms. The summed E-state index contributed by atoms with van der Waals surface area (Å²) < 4.78 is 15.5. The minimum atomic E-state index is -0.143. The van der Waals surface area contributed by atoms with E-state index in [1.165, 1.54) is 11.1 Å². The van der Waals surface area contributed by atoms with E-state index in [9.17, 15) is 4.79 Å². The van der Waals surface area contributed by atoms with Crippen LogP contribution in [0.1, 0.15) is 89.5 Å². The fraction of sp³-hybridized carbons (Fsp3) is 0.531. The molecule has 4 nitrogen and oxygen atoms in total. The molecule has 1 saturated heterocycles. The summed E-state index contributed by atoms with van der Waals surface area (Å²) in [5, 5.41) is 1.11. The van der Waals surface area contributed by atoms with Crippen molar-refractivity contribution in [3.05, 3.63) is 64.6 Å². The number of fused-ring (bicyclic) bond motifs is 1. The Morgan fingerprint density at radius 3 is 2.38 bits per heavy atom. The van der Waals surface area contributed by atoms with Crippen LogP contribution in [-0.4, -0.2) is 54.4 Å². The van der Waals surface area contributed by atoms with Gasteiger partial charge >= 0.3 is 0 Å². The van der Waals surface area contributed by atoms with Crippen LogP contribution in [0.2, 0.25) is 0 Å². The number of amides is 1. The van der Waals surface area contributed by atoms with Crippen LogP contribution in [0.5, 0.6) is 0 Å². The summed E-state index contributed by atoms with van der Waals surface area (Å²) in [6.07, 6.45) is 7.19. The molecule has 0 bridgehead atoms. The average molecular weight is 508 g/mol. The monoisotopic (exact) mass is 507 g/mol. The van der Waals surface area contributed by atoms with Crippen molar-refractivity contribution >= 4 is 22.4 Å². The number of H-pyrrole nitrogens is 1. The van der Waals surface area contributed by atoms with Gasteiger partial charge in [0.25, 0.3) is 0 Å². The van der Waals surface area contributed by atoms with E-state index >= 15 is 4.39 Å². The number of piperidine rings is 1. The van der Waals surface area contributed by atoms with Crippen molar-refractivity contribution in [3.8, 4) is 0 Å². The molecule has 202 valence electrons. The molecule has 0 radical (unpaired) electrons. The lowest BCUT2D eigenvalue weighted by molar-refractivity contribution is -0.130. The molecule has 1 unspecified atom stereocenters. The number of hydrogen-bond donors (Lipinski definition) is 1. The smallest absolute Gasteiger partial charge is 0.236 e. The van der Waals surface area contributed by atoms with Crippen LogP contribution in [-0.2, 0) is 4.79 Å². The zero-order valence-corrected chi connectivity index (χ0v) is 24.2. The van der Waals surface area contributed by atoms with Crippen molar-refractivity contribution < 1.29 is 9.18 Å². The molecule has 1 aliphatic heterocycles. The molecule has 1 fully saturated rings. The predicted octanol–water partition coefficient (Wildman–Crippen LogP) is 7.65. The minimum absolute atomic E-state index is 0.115. The highest BCUT2D eigenvalue weighted by Crippen LogP contribution is 2.39. The molecule has 1 aliphatic rings. The number of nitrogens with zero attached hydrogens (tertiary/aromatic N) is 2. The van der Waals surface area contributed by atoms with Crippen LogP contribution in [0.3, 0.4) is 0 Å². The van der Waals surface area contributed by atoms with Crippen LogP contribution in [0.25, 0.3) is 16.5 Å². The lowest BCUT2D eigenvalue weighted by Gasteiger charge is -2.32. The van der Waals surface area contributed by atoms with E-state index < -0.39 is 0 Å². The molecular weight excluding hydrogens is 461 g/mol. The zero-order chi connectivity index (χ0) is 27.4. The van der Waals surface area contributed by atoms with Gasteiger partial charge in [0.05, 0.1) is 6.54 Å². The maximum Gasteiger partial charge on any atom is 0.236 e. The van der Waals surface area contributed by atoms with Gasteiger partial charge < -0.3 is 9.88 Å². The second-order valence-electron chi connectivity index (χ2n) is 11.5. The van der Waals surface area contributed by atoms with E-state index in [1.54, 1.807) is 25.1 Å². The van der Waals surface area contributed by atoms with Gasteiger partial charge in [0.1, 0.15) is 5.82 Å². The van der Waals surface area contributed by atoms with Gasteiger partial charge in [-0.2, -0.15) is 0 Å². The minimum Gasteiger partial charge on any atom is -0.354 e. The summed E-state index contributed by atoms with van der Waals surface area (Å²) in [5.41, 5.74) is 7.35. The van der Waals surface area contributed by atoms with E-state index in [0.29, 0.717) is 12.5 Å². The number of aromatic amines is 1. The zero-order valence-electron chi connectivity index (χ0n) is 24.2. The maximum absolute atomic E-state index is 15.5. The molecule has 2 aromatic rings. The molecule has 0 aliphatic carbocycles. The summed E-state index contributed by atoms with van der Waals surface area (Å²) in [6, 6.07) is 3.78. The number of likely N-dealkylation sites (N-methyl/N-ethyl adjacent to an activating group) is 1. The summed E-state index contributed by atoms with van der Waals surface area (Å²) in [5.74, 6) is 0.889. The van der Waals surface area contributed by atoms with Crippen molar-refractivity contribution in [2.75, 3.05) is 33.7 Å². The molecule has 0 spiro atoms. The Kier molecular flexibility index (Phi) is 9.57. The number of benzene rings is 1. The quantitative estimate of drug-likeness (QED) is 0.354. The van der Waals surface area contributed by atoms with Crippen LogP contribution in [0.15, 0.2) is 42.0 Å². The van der Waals surface area contributed by atoms with Crippen LogP contribution in [0, 0.1) is 11.7 Å². The van der Waals surface area contributed by atoms with Gasteiger partial charge in [-0.05, 0) is 92.8 Å². The van der Waals surface area contributed by atoms with Gasteiger partial charge in [0.15, 0.2) is 0 Å². The van der Waals surface area contributed by atoms with Crippen molar-refractivity contribution in [2.45, 2.75) is 72.6 Å². The second kappa shape index (κ2) is 12.3. The number of nitrogens with one attached hydrogen (secondary N) is 1. The van der Waals surface area contributed by atoms with Gasteiger partial charge in [0.2, 0.25) is 5.91 Å². The van der Waals surface area contributed by atoms with Crippen LogP contribution >= 0.6 is 0 Å². The lowest BCUT2D eigenvalue weighted by atomic mass is 9.86. The number of allylic oxidation sites excluding steroid dienone is 5. The van der Waals surface area contributed by atoms with E-state index in [2.05, 4.69) is 69.3 Å². The van der Waals surface area contributed by atoms with E-state index in [-0.39, 0.29) is 23.6 Å². The topological polar surface area (TPSA) is 39.3 Å². The van der Waals surface area contributed by atoms with E-state index in [4.69, 9.17) is 0 Å². The number of rotatable bonds is 9. The summed E-state index contributed by atoms with van der Waals surface area (Å²) in [6.45, 7) is 19.3. The molecule has 1 N–H and O–H groups in total. The molecule has 3 rings (SSSR count). The Morgan fingerprint density at radius 2 is 1.84 bits per heavy atom. The van der Waals surface area contributed by atoms with Gasteiger partial charge in [-0.1, -0.05) is 57.6 Å². The number of likely N-dealkylation sites (tertiary alicyclic amines) is 1. The average Bonchev–Trinajstić information content (AvgIpc) is 3.21. The Bertz CT molecular complexity index is 1190. The maximum atomic E-state index is 15.5. The van der Waals surface area contributed by atoms with Gasteiger partial charge in [-0.25, -0.2) is 4.39 Å². The van der Waals surface area contributed by atoms with Gasteiger partial charge in [-0.15, -0.1) is 0 Å². The third-order valence-corrected chi connectivity index (χ3v) is 7.88. The second-order valence-corrected chi connectivity index (χ2v) is 11.5.